The minimum Gasteiger partial charge on any atom is -0.344 e. The van der Waals surface area contributed by atoms with E-state index in [1.165, 1.54) is 0 Å². The molecule has 0 saturated heterocycles. The molecular weight excluding hydrogens is 328 g/mol. The van der Waals surface area contributed by atoms with E-state index in [0.717, 1.165) is 16.6 Å². The third-order valence-electron chi connectivity index (χ3n) is 4.31. The lowest BCUT2D eigenvalue weighted by molar-refractivity contribution is -0.127. The molecule has 0 saturated carbocycles. The second-order valence-electron chi connectivity index (χ2n) is 6.19. The first-order valence-corrected chi connectivity index (χ1v) is 8.69. The Morgan fingerprint density at radius 1 is 1.04 bits per heavy atom. The number of nitrogens with one attached hydrogen (secondary N) is 3. The number of anilines is 1. The van der Waals surface area contributed by atoms with Crippen LogP contribution in [0.3, 0.4) is 0 Å². The molecule has 0 fully saturated rings. The lowest BCUT2D eigenvalue weighted by Crippen LogP contribution is -2.43. The number of nitrogens with zero attached hydrogens (tertiary/aromatic N) is 1. The van der Waals surface area contributed by atoms with Crippen molar-refractivity contribution >= 4 is 28.8 Å². The van der Waals surface area contributed by atoms with Crippen molar-refractivity contribution in [1.29, 1.82) is 0 Å². The summed E-state index contributed by atoms with van der Waals surface area (Å²) in [5, 5.41) is 5.50. The molecule has 6 nitrogen and oxygen atoms in total. The van der Waals surface area contributed by atoms with Crippen LogP contribution in [-0.2, 0) is 9.59 Å². The van der Waals surface area contributed by atoms with Crippen molar-refractivity contribution in [3.8, 4) is 0 Å². The van der Waals surface area contributed by atoms with Gasteiger partial charge in [0.05, 0.1) is 17.0 Å². The van der Waals surface area contributed by atoms with Gasteiger partial charge in [0, 0.05) is 0 Å². The van der Waals surface area contributed by atoms with Crippen molar-refractivity contribution in [2.24, 2.45) is 0 Å². The van der Waals surface area contributed by atoms with Gasteiger partial charge in [-0.25, -0.2) is 4.98 Å². The fourth-order valence-corrected chi connectivity index (χ4v) is 2.87. The highest BCUT2D eigenvalue weighted by molar-refractivity contribution is 5.97. The molecule has 6 heteroatoms. The largest absolute Gasteiger partial charge is 0.344 e. The molecular formula is C20H22N4O2. The van der Waals surface area contributed by atoms with Crippen LogP contribution in [0.4, 0.5) is 5.95 Å². The maximum Gasteiger partial charge on any atom is 0.248 e. The fourth-order valence-electron chi connectivity index (χ4n) is 2.87. The fraction of sp³-hybridized carbons (Fsp3) is 0.250. The van der Waals surface area contributed by atoms with E-state index in [4.69, 9.17) is 0 Å². The van der Waals surface area contributed by atoms with Crippen molar-refractivity contribution in [3.05, 3.63) is 60.2 Å². The van der Waals surface area contributed by atoms with Crippen LogP contribution in [0.5, 0.6) is 0 Å². The SMILES string of the molecule is CC[C@@H](C(=O)N[C@@H](C)C(=O)Nc1nc2ccccc2[nH]1)c1ccccc1. The van der Waals surface area contributed by atoms with Crippen molar-refractivity contribution in [2.75, 3.05) is 5.32 Å². The van der Waals surface area contributed by atoms with Crippen molar-refractivity contribution in [1.82, 2.24) is 15.3 Å². The summed E-state index contributed by atoms with van der Waals surface area (Å²) in [7, 11) is 0. The summed E-state index contributed by atoms with van der Waals surface area (Å²) >= 11 is 0. The molecule has 0 radical (unpaired) electrons. The Morgan fingerprint density at radius 2 is 1.73 bits per heavy atom. The van der Waals surface area contributed by atoms with Gasteiger partial charge in [-0.15, -0.1) is 0 Å². The minimum atomic E-state index is -0.673. The van der Waals surface area contributed by atoms with Gasteiger partial charge < -0.3 is 10.3 Å². The monoisotopic (exact) mass is 350 g/mol. The Bertz CT molecular complexity index is 871. The minimum absolute atomic E-state index is 0.161. The highest BCUT2D eigenvalue weighted by Crippen LogP contribution is 2.19. The van der Waals surface area contributed by atoms with Gasteiger partial charge in [0.25, 0.3) is 0 Å². The first-order valence-electron chi connectivity index (χ1n) is 8.69. The Hall–Kier alpha value is -3.15. The highest BCUT2D eigenvalue weighted by atomic mass is 16.2. The van der Waals surface area contributed by atoms with E-state index in [-0.39, 0.29) is 17.7 Å². The normalized spacial score (nSPS) is 13.2. The molecule has 0 aliphatic heterocycles. The topological polar surface area (TPSA) is 86.9 Å². The number of aromatic amines is 1. The zero-order valence-electron chi connectivity index (χ0n) is 14.8. The lowest BCUT2D eigenvalue weighted by Gasteiger charge is -2.19. The summed E-state index contributed by atoms with van der Waals surface area (Å²) in [6.45, 7) is 3.62. The number of hydrogen-bond donors (Lipinski definition) is 3. The van der Waals surface area contributed by atoms with Gasteiger partial charge in [-0.05, 0) is 31.0 Å². The Balaban J connectivity index is 1.63. The maximum atomic E-state index is 12.6. The first-order chi connectivity index (χ1) is 12.6. The second kappa shape index (κ2) is 7.82. The van der Waals surface area contributed by atoms with E-state index in [1.54, 1.807) is 6.92 Å². The summed E-state index contributed by atoms with van der Waals surface area (Å²) in [4.78, 5) is 32.3. The number of imidazole rings is 1. The standard InChI is InChI=1S/C20H22N4O2/c1-3-15(14-9-5-4-6-10-14)19(26)21-13(2)18(25)24-20-22-16-11-7-8-12-17(16)23-20/h4-13,15H,3H2,1-2H3,(H,21,26)(H2,22,23,24,25)/t13-,15+/m0/s1. The van der Waals surface area contributed by atoms with Gasteiger partial charge in [-0.1, -0.05) is 49.4 Å². The summed E-state index contributed by atoms with van der Waals surface area (Å²) in [5.41, 5.74) is 2.56. The van der Waals surface area contributed by atoms with Crippen LogP contribution in [0.15, 0.2) is 54.6 Å². The molecule has 3 rings (SSSR count). The molecule has 1 heterocycles. The van der Waals surface area contributed by atoms with Gasteiger partial charge in [0.2, 0.25) is 17.8 Å². The summed E-state index contributed by atoms with van der Waals surface area (Å²) in [6, 6.07) is 16.4. The zero-order valence-corrected chi connectivity index (χ0v) is 14.8. The zero-order chi connectivity index (χ0) is 18.5. The molecule has 0 bridgehead atoms. The van der Waals surface area contributed by atoms with Gasteiger partial charge in [-0.2, -0.15) is 0 Å². The maximum absolute atomic E-state index is 12.6. The number of benzene rings is 2. The molecule has 3 N–H and O–H groups in total. The molecule has 2 amide bonds. The van der Waals surface area contributed by atoms with E-state index in [1.807, 2.05) is 61.5 Å². The molecule has 0 aliphatic rings. The molecule has 2 atom stereocenters. The van der Waals surface area contributed by atoms with Crippen molar-refractivity contribution in [2.45, 2.75) is 32.2 Å². The number of amides is 2. The van der Waals surface area contributed by atoms with E-state index in [2.05, 4.69) is 20.6 Å². The molecule has 1 aromatic heterocycles. The van der Waals surface area contributed by atoms with Crippen LogP contribution in [0, 0.1) is 0 Å². The summed E-state index contributed by atoms with van der Waals surface area (Å²) in [6.07, 6.45) is 0.660. The predicted molar refractivity (Wildman–Crippen MR) is 102 cm³/mol. The Morgan fingerprint density at radius 3 is 2.42 bits per heavy atom. The number of carbonyl (C=O) groups excluding carboxylic acids is 2. The molecule has 0 unspecified atom stereocenters. The van der Waals surface area contributed by atoms with Gasteiger partial charge >= 0.3 is 0 Å². The molecule has 0 aliphatic carbocycles. The summed E-state index contributed by atoms with van der Waals surface area (Å²) < 4.78 is 0. The van der Waals surface area contributed by atoms with E-state index in [0.29, 0.717) is 12.4 Å². The predicted octanol–water partition coefficient (Wildman–Crippen LogP) is 3.20. The average molecular weight is 350 g/mol. The third-order valence-corrected chi connectivity index (χ3v) is 4.31. The Kier molecular flexibility index (Phi) is 5.31. The van der Waals surface area contributed by atoms with Crippen LogP contribution in [0.2, 0.25) is 0 Å². The quantitative estimate of drug-likeness (QED) is 0.638. The van der Waals surface area contributed by atoms with Crippen molar-refractivity contribution < 1.29 is 9.59 Å². The van der Waals surface area contributed by atoms with Crippen LogP contribution in [0.1, 0.15) is 31.7 Å². The third kappa shape index (κ3) is 3.91. The number of rotatable bonds is 6. The van der Waals surface area contributed by atoms with Gasteiger partial charge in [0.15, 0.2) is 0 Å². The number of hydrogen-bond acceptors (Lipinski definition) is 3. The van der Waals surface area contributed by atoms with E-state index >= 15 is 0 Å². The van der Waals surface area contributed by atoms with Crippen LogP contribution in [0.25, 0.3) is 11.0 Å². The molecule has 134 valence electrons. The van der Waals surface area contributed by atoms with Gasteiger partial charge in [0.1, 0.15) is 6.04 Å². The van der Waals surface area contributed by atoms with E-state index in [9.17, 15) is 9.59 Å². The number of carbonyl (C=O) groups is 2. The average Bonchev–Trinajstić information content (AvgIpc) is 3.05. The first kappa shape index (κ1) is 17.7. The molecule has 26 heavy (non-hydrogen) atoms. The van der Waals surface area contributed by atoms with Crippen molar-refractivity contribution in [3.63, 3.8) is 0 Å². The molecule has 2 aromatic carbocycles. The Labute approximate surface area is 152 Å². The molecule has 0 spiro atoms. The number of H-pyrrole nitrogens is 1. The summed E-state index contributed by atoms with van der Waals surface area (Å²) in [5.74, 6) is -0.392. The van der Waals surface area contributed by atoms with Crippen LogP contribution in [-0.4, -0.2) is 27.8 Å². The number of aromatic nitrogens is 2. The lowest BCUT2D eigenvalue weighted by atomic mass is 9.95. The van der Waals surface area contributed by atoms with Crippen LogP contribution < -0.4 is 10.6 Å². The van der Waals surface area contributed by atoms with E-state index < -0.39 is 6.04 Å². The smallest absolute Gasteiger partial charge is 0.248 e. The van der Waals surface area contributed by atoms with Crippen LogP contribution >= 0.6 is 0 Å². The number of fused-ring (bicyclic) bond motifs is 1. The van der Waals surface area contributed by atoms with Gasteiger partial charge in [-0.3, -0.25) is 14.9 Å². The highest BCUT2D eigenvalue weighted by Gasteiger charge is 2.23. The molecule has 3 aromatic rings. The second-order valence-corrected chi connectivity index (χ2v) is 6.19. The number of para-hydroxylation sites is 2.